The van der Waals surface area contributed by atoms with E-state index < -0.39 is 0 Å². The van der Waals surface area contributed by atoms with Gasteiger partial charge in [0, 0.05) is 6.20 Å². The van der Waals surface area contributed by atoms with Gasteiger partial charge in [0.1, 0.15) is 5.75 Å². The Kier molecular flexibility index (Phi) is 3.78. The van der Waals surface area contributed by atoms with Crippen LogP contribution >= 0.6 is 43.5 Å². The van der Waals surface area contributed by atoms with Crippen LogP contribution < -0.4 is 4.74 Å². The van der Waals surface area contributed by atoms with Crippen molar-refractivity contribution in [2.24, 2.45) is 0 Å². The smallest absolute Gasteiger partial charge is 0.238 e. The van der Waals surface area contributed by atoms with Crippen molar-refractivity contribution >= 4 is 43.5 Å². The Morgan fingerprint density at radius 2 is 1.88 bits per heavy atom. The lowest BCUT2D eigenvalue weighted by Crippen LogP contribution is -1.92. The zero-order chi connectivity index (χ0) is 11.5. The molecule has 82 valence electrons. The average Bonchev–Trinajstić information content (AvgIpc) is 2.27. The molecule has 6 heteroatoms. The summed E-state index contributed by atoms with van der Waals surface area (Å²) in [6.45, 7) is 0. The van der Waals surface area contributed by atoms with E-state index >= 15 is 0 Å². The predicted molar refractivity (Wildman–Crippen MR) is 69.0 cm³/mol. The third kappa shape index (κ3) is 2.72. The average molecular weight is 364 g/mol. The molecular weight excluding hydrogens is 359 g/mol. The topological polar surface area (TPSA) is 35.0 Å². The first-order chi connectivity index (χ1) is 7.66. The van der Waals surface area contributed by atoms with Crippen molar-refractivity contribution in [2.75, 3.05) is 0 Å². The Morgan fingerprint density at radius 1 is 1.12 bits per heavy atom. The van der Waals surface area contributed by atoms with Crippen LogP contribution in [0, 0.1) is 0 Å². The fraction of sp³-hybridized carbons (Fsp3) is 0. The number of rotatable bonds is 2. The molecule has 0 unspecified atom stereocenters. The van der Waals surface area contributed by atoms with E-state index in [-0.39, 0.29) is 5.28 Å². The minimum atomic E-state index is 0.144. The number of nitrogens with zero attached hydrogens (tertiary/aromatic N) is 2. The Hall–Kier alpha value is -0.650. The second-order valence-corrected chi connectivity index (χ2v) is 4.87. The highest BCUT2D eigenvalue weighted by molar-refractivity contribution is 9.11. The van der Waals surface area contributed by atoms with Crippen LogP contribution in [0.5, 0.6) is 11.6 Å². The quantitative estimate of drug-likeness (QED) is 0.739. The molecule has 1 heterocycles. The molecule has 16 heavy (non-hydrogen) atoms. The lowest BCUT2D eigenvalue weighted by Gasteiger charge is -2.07. The minimum absolute atomic E-state index is 0.144. The first kappa shape index (κ1) is 11.8. The molecule has 2 rings (SSSR count). The van der Waals surface area contributed by atoms with E-state index in [0.29, 0.717) is 16.1 Å². The summed E-state index contributed by atoms with van der Waals surface area (Å²) in [6.07, 6.45) is 1.54. The first-order valence-electron chi connectivity index (χ1n) is 4.27. The van der Waals surface area contributed by atoms with Crippen molar-refractivity contribution in [3.05, 3.63) is 44.7 Å². The van der Waals surface area contributed by atoms with Crippen LogP contribution in [0.2, 0.25) is 5.28 Å². The molecule has 0 saturated heterocycles. The van der Waals surface area contributed by atoms with Gasteiger partial charge in [-0.2, -0.15) is 4.98 Å². The molecule has 3 nitrogen and oxygen atoms in total. The number of aromatic nitrogens is 2. The van der Waals surface area contributed by atoms with E-state index in [0.717, 1.165) is 4.47 Å². The molecule has 1 aromatic heterocycles. The van der Waals surface area contributed by atoms with Gasteiger partial charge in [0.2, 0.25) is 11.2 Å². The number of hydrogen-bond acceptors (Lipinski definition) is 3. The molecule has 0 saturated carbocycles. The lowest BCUT2D eigenvalue weighted by atomic mass is 10.3. The fourth-order valence-electron chi connectivity index (χ4n) is 1.03. The van der Waals surface area contributed by atoms with Gasteiger partial charge in [0.05, 0.1) is 8.95 Å². The maximum absolute atomic E-state index is 5.69. The highest BCUT2D eigenvalue weighted by Gasteiger charge is 2.08. The number of para-hydroxylation sites is 1. The number of halogens is 3. The van der Waals surface area contributed by atoms with E-state index in [1.807, 2.05) is 24.3 Å². The number of ether oxygens (including phenoxy) is 1. The second kappa shape index (κ2) is 5.12. The maximum atomic E-state index is 5.69. The van der Waals surface area contributed by atoms with E-state index in [1.165, 1.54) is 0 Å². The molecule has 0 aliphatic heterocycles. The Bertz CT molecular complexity index is 522. The van der Waals surface area contributed by atoms with Crippen LogP contribution in [0.25, 0.3) is 0 Å². The van der Waals surface area contributed by atoms with Gasteiger partial charge < -0.3 is 4.74 Å². The minimum Gasteiger partial charge on any atom is -0.437 e. The molecule has 0 radical (unpaired) electrons. The van der Waals surface area contributed by atoms with Crippen LogP contribution in [0.1, 0.15) is 0 Å². The van der Waals surface area contributed by atoms with Crippen molar-refractivity contribution in [1.82, 2.24) is 9.97 Å². The first-order valence-corrected chi connectivity index (χ1v) is 6.23. The fourth-order valence-corrected chi connectivity index (χ4v) is 1.80. The molecule has 1 aromatic carbocycles. The van der Waals surface area contributed by atoms with Crippen molar-refractivity contribution in [1.29, 1.82) is 0 Å². The summed E-state index contributed by atoms with van der Waals surface area (Å²) in [4.78, 5) is 7.79. The molecule has 0 bridgehead atoms. The summed E-state index contributed by atoms with van der Waals surface area (Å²) in [6, 6.07) is 7.48. The highest BCUT2D eigenvalue weighted by Crippen LogP contribution is 2.32. The van der Waals surface area contributed by atoms with Gasteiger partial charge in [-0.25, -0.2) is 4.98 Å². The third-order valence-electron chi connectivity index (χ3n) is 1.73. The van der Waals surface area contributed by atoms with Gasteiger partial charge in [-0.05, 0) is 55.6 Å². The van der Waals surface area contributed by atoms with Crippen molar-refractivity contribution < 1.29 is 4.74 Å². The Morgan fingerprint density at radius 3 is 2.62 bits per heavy atom. The number of hydrogen-bond donors (Lipinski definition) is 0. The number of benzene rings is 1. The normalized spacial score (nSPS) is 10.2. The second-order valence-electron chi connectivity index (χ2n) is 2.82. The summed E-state index contributed by atoms with van der Waals surface area (Å²) < 4.78 is 7.08. The van der Waals surface area contributed by atoms with Crippen LogP contribution in [0.4, 0.5) is 0 Å². The van der Waals surface area contributed by atoms with E-state index in [4.69, 9.17) is 16.3 Å². The molecule has 0 aliphatic rings. The van der Waals surface area contributed by atoms with Crippen molar-refractivity contribution in [3.63, 3.8) is 0 Å². The van der Waals surface area contributed by atoms with Crippen LogP contribution in [0.3, 0.4) is 0 Å². The van der Waals surface area contributed by atoms with Crippen LogP contribution in [-0.4, -0.2) is 9.97 Å². The maximum Gasteiger partial charge on any atom is 0.238 e. The van der Waals surface area contributed by atoms with Gasteiger partial charge in [0.25, 0.3) is 0 Å². The summed E-state index contributed by atoms with van der Waals surface area (Å²) in [5.41, 5.74) is 0. The highest BCUT2D eigenvalue weighted by atomic mass is 79.9. The third-order valence-corrected chi connectivity index (χ3v) is 3.11. The zero-order valence-corrected chi connectivity index (χ0v) is 11.8. The molecule has 0 atom stereocenters. The molecule has 0 fully saturated rings. The molecule has 0 spiro atoms. The van der Waals surface area contributed by atoms with Crippen molar-refractivity contribution in [2.45, 2.75) is 0 Å². The molecular formula is C10H5Br2ClN2O. The lowest BCUT2D eigenvalue weighted by molar-refractivity contribution is 0.455. The van der Waals surface area contributed by atoms with Gasteiger partial charge in [0.15, 0.2) is 0 Å². The van der Waals surface area contributed by atoms with Crippen LogP contribution in [0.15, 0.2) is 39.4 Å². The molecule has 0 amide bonds. The van der Waals surface area contributed by atoms with Gasteiger partial charge >= 0.3 is 0 Å². The summed E-state index contributed by atoms with van der Waals surface area (Å²) in [5, 5.41) is 0.144. The Balaban J connectivity index is 2.34. The van der Waals surface area contributed by atoms with Crippen molar-refractivity contribution in [3.8, 4) is 11.6 Å². The summed E-state index contributed by atoms with van der Waals surface area (Å²) in [5.74, 6) is 1.05. The SMILES string of the molecule is Clc1ncc(Br)c(Oc2ccccc2Br)n1. The van der Waals surface area contributed by atoms with Crippen LogP contribution in [-0.2, 0) is 0 Å². The van der Waals surface area contributed by atoms with Gasteiger partial charge in [-0.15, -0.1) is 0 Å². The monoisotopic (exact) mass is 362 g/mol. The molecule has 2 aromatic rings. The Labute approximate surface area is 114 Å². The van der Waals surface area contributed by atoms with Gasteiger partial charge in [-0.3, -0.25) is 0 Å². The van der Waals surface area contributed by atoms with Gasteiger partial charge in [-0.1, -0.05) is 12.1 Å². The summed E-state index contributed by atoms with van der Waals surface area (Å²) in [7, 11) is 0. The zero-order valence-electron chi connectivity index (χ0n) is 7.82. The predicted octanol–water partition coefficient (Wildman–Crippen LogP) is 4.45. The summed E-state index contributed by atoms with van der Waals surface area (Å²) >= 11 is 12.4. The van der Waals surface area contributed by atoms with E-state index in [1.54, 1.807) is 6.20 Å². The largest absolute Gasteiger partial charge is 0.437 e. The molecule has 0 aliphatic carbocycles. The van der Waals surface area contributed by atoms with E-state index in [9.17, 15) is 0 Å². The molecule has 0 N–H and O–H groups in total. The van der Waals surface area contributed by atoms with E-state index in [2.05, 4.69) is 41.8 Å². The standard InChI is InChI=1S/C10H5Br2ClN2O/c11-6-3-1-2-4-8(6)16-9-7(12)5-14-10(13)15-9/h1-5H.